The first-order valence-electron chi connectivity index (χ1n) is 23.0. The minimum atomic E-state index is -2.47. The second-order valence-electron chi connectivity index (χ2n) is 16.1. The number of hydrogen-bond acceptors (Lipinski definition) is 4. The van der Waals surface area contributed by atoms with E-state index in [-0.39, 0.29) is 48.6 Å². The smallest absolute Gasteiger partial charge is 0 e. The Balaban J connectivity index is 0.000000230. The molecule has 3 aliphatic carbocycles. The molecular formula is C46H53GeIrN3O-2. The van der Waals surface area contributed by atoms with Crippen LogP contribution in [0.1, 0.15) is 89.0 Å². The van der Waals surface area contributed by atoms with Gasteiger partial charge in [-0.3, -0.25) is 0 Å². The molecule has 273 valence electrons. The molecule has 4 heterocycles. The molecule has 2 aromatic carbocycles. The van der Waals surface area contributed by atoms with Gasteiger partial charge >= 0.3 is 135 Å². The minimum Gasteiger partial charge on any atom is 0 e. The number of fused-ring (bicyclic) bond motifs is 6. The topological polar surface area (TPSA) is 51.8 Å². The van der Waals surface area contributed by atoms with Crippen molar-refractivity contribution in [3.05, 3.63) is 108 Å². The summed E-state index contributed by atoms with van der Waals surface area (Å²) in [5.74, 6) is 7.76. The van der Waals surface area contributed by atoms with Gasteiger partial charge in [-0.05, 0) is 74.1 Å². The van der Waals surface area contributed by atoms with Crippen LogP contribution < -0.4 is 4.40 Å². The SMILES string of the molecule is [2H]C([2H])([2H])c1ccc2c(n1)oc1c(-c3cc(C([2H])([2H])C4CC5CCC4CC5)ccn3)[c-]cc(C([2H])([2H])[2H])c12.[2H]C([2H])(c1cc(-c2[c-]cccc2)nc[c]1[Ge]([CH3])([CH3])[CH3])C(C)(C)C.[Ir]. The Morgan fingerprint density at radius 3 is 2.46 bits per heavy atom. The van der Waals surface area contributed by atoms with Crippen LogP contribution in [0.25, 0.3) is 44.6 Å². The van der Waals surface area contributed by atoms with E-state index >= 15 is 0 Å². The second kappa shape index (κ2) is 15.7. The molecule has 6 aromatic rings. The Labute approximate surface area is 341 Å². The number of benzene rings is 2. The summed E-state index contributed by atoms with van der Waals surface area (Å²) < 4.78 is 90.1. The summed E-state index contributed by atoms with van der Waals surface area (Å²) in [6, 6.07) is 23.6. The number of pyridine rings is 3. The molecule has 2 bridgehead atoms. The van der Waals surface area contributed by atoms with Crippen molar-refractivity contribution in [2.45, 2.75) is 96.6 Å². The van der Waals surface area contributed by atoms with Crippen LogP contribution in [-0.2, 0) is 32.9 Å². The Bertz CT molecular complexity index is 2550. The molecule has 3 aliphatic rings. The molecule has 0 N–H and O–H groups in total. The Morgan fingerprint density at radius 1 is 0.962 bits per heavy atom. The summed E-state index contributed by atoms with van der Waals surface area (Å²) >= 11 is -2.24. The maximum absolute atomic E-state index is 9.09. The monoisotopic (exact) mass is 940 g/mol. The molecule has 1 unspecified atom stereocenters. The van der Waals surface area contributed by atoms with Gasteiger partial charge in [0.25, 0.3) is 0 Å². The number of furan rings is 1. The maximum atomic E-state index is 9.09. The second-order valence-corrected chi connectivity index (χ2v) is 26.7. The first kappa shape index (κ1) is 27.5. The van der Waals surface area contributed by atoms with Crippen LogP contribution in [-0.4, -0.2) is 28.2 Å². The van der Waals surface area contributed by atoms with E-state index in [0.717, 1.165) is 40.5 Å². The molecule has 3 fully saturated rings. The Hall–Kier alpha value is -3.12. The molecule has 4 aromatic heterocycles. The first-order chi connectivity index (χ1) is 28.3. The molecule has 52 heavy (non-hydrogen) atoms. The molecule has 0 aliphatic heterocycles. The zero-order chi connectivity index (χ0) is 44.5. The van der Waals surface area contributed by atoms with Crippen molar-refractivity contribution in [2.75, 3.05) is 0 Å². The van der Waals surface area contributed by atoms with E-state index in [2.05, 4.69) is 44.4 Å². The van der Waals surface area contributed by atoms with Gasteiger partial charge in [0.2, 0.25) is 5.71 Å². The third-order valence-electron chi connectivity index (χ3n) is 10.0. The van der Waals surface area contributed by atoms with Crippen LogP contribution >= 0.6 is 0 Å². The summed E-state index contributed by atoms with van der Waals surface area (Å²) in [6.45, 7) is 0.957. The molecule has 4 nitrogen and oxygen atoms in total. The first-order valence-corrected chi connectivity index (χ1v) is 25.4. The normalized spacial score (nSPS) is 22.5. The van der Waals surface area contributed by atoms with Crippen LogP contribution in [0.15, 0.2) is 77.5 Å². The summed E-state index contributed by atoms with van der Waals surface area (Å²) in [4.78, 5) is 13.3. The minimum absolute atomic E-state index is 0. The predicted octanol–water partition coefficient (Wildman–Crippen LogP) is 11.5. The summed E-state index contributed by atoms with van der Waals surface area (Å²) in [5, 5.41) is 0.692. The van der Waals surface area contributed by atoms with Gasteiger partial charge < -0.3 is 9.40 Å². The molecular weight excluding hydrogens is 875 g/mol. The van der Waals surface area contributed by atoms with Gasteiger partial charge in [-0.1, -0.05) is 42.3 Å². The number of rotatable bonds is 6. The average molecular weight is 939 g/mol. The number of nitrogens with zero attached hydrogens (tertiary/aromatic N) is 3. The fraction of sp³-hybridized carbons (Fsp3) is 0.413. The Kier molecular flexibility index (Phi) is 8.29. The van der Waals surface area contributed by atoms with E-state index in [4.69, 9.17) is 18.1 Å². The Morgan fingerprint density at radius 2 is 1.79 bits per heavy atom. The van der Waals surface area contributed by atoms with Crippen LogP contribution in [0.4, 0.5) is 0 Å². The standard InChI is InChI=1S/C27H27N2O.C19H26GeN.Ir/c1-16-3-9-22(26-25(16)23-10-4-17(2)29-27(23)30-26)24-15-19(11-12-28-24)14-21-13-18-5-7-20(21)8-6-18;1-19(2,3)13-16-12-18(15-10-8-7-9-11-15)21-14-17(16)20(4,5)6;/h3-4,10-12,15,18,20-21H,5-8,13-14H2,1-2H3;7-10,12,14H,13H2,1-6H3;/q2*-1;/i1D3,2D3,14D2;13D2;. The van der Waals surface area contributed by atoms with E-state index in [0.29, 0.717) is 39.4 Å². The van der Waals surface area contributed by atoms with Gasteiger partial charge in [0.1, 0.15) is 0 Å². The largest absolute Gasteiger partial charge is 0 e. The van der Waals surface area contributed by atoms with Crippen LogP contribution in [0, 0.1) is 49.0 Å². The molecule has 1 atom stereocenters. The third-order valence-corrected chi connectivity index (χ3v) is 14.3. The van der Waals surface area contributed by atoms with Gasteiger partial charge in [-0.2, -0.15) is 0 Å². The fourth-order valence-electron chi connectivity index (χ4n) is 7.58. The van der Waals surface area contributed by atoms with Crippen molar-refractivity contribution in [1.82, 2.24) is 15.0 Å². The van der Waals surface area contributed by atoms with Crippen molar-refractivity contribution in [3.8, 4) is 22.5 Å². The van der Waals surface area contributed by atoms with Crippen molar-refractivity contribution >= 4 is 39.7 Å². The van der Waals surface area contributed by atoms with Crippen LogP contribution in [0.5, 0.6) is 0 Å². The summed E-state index contributed by atoms with van der Waals surface area (Å²) in [6.07, 6.45) is 5.93. The van der Waals surface area contributed by atoms with Gasteiger partial charge in [-0.15, -0.1) is 17.7 Å². The summed E-state index contributed by atoms with van der Waals surface area (Å²) in [5.41, 5.74) is 3.41. The van der Waals surface area contributed by atoms with Crippen molar-refractivity contribution in [3.63, 3.8) is 0 Å². The quantitative estimate of drug-likeness (QED) is 0.123. The van der Waals surface area contributed by atoms with E-state index < -0.39 is 45.1 Å². The van der Waals surface area contributed by atoms with E-state index in [1.54, 1.807) is 18.3 Å². The zero-order valence-corrected chi connectivity index (χ0v) is 35.3. The van der Waals surface area contributed by atoms with Gasteiger partial charge in [-0.25, -0.2) is 4.98 Å². The van der Waals surface area contributed by atoms with Crippen molar-refractivity contribution in [1.29, 1.82) is 0 Å². The van der Waals surface area contributed by atoms with Crippen molar-refractivity contribution in [2.24, 2.45) is 23.2 Å². The van der Waals surface area contributed by atoms with Crippen molar-refractivity contribution < 1.29 is 38.2 Å². The third kappa shape index (κ3) is 8.64. The molecule has 0 saturated heterocycles. The van der Waals surface area contributed by atoms with E-state index in [9.17, 15) is 0 Å². The fourth-order valence-corrected chi connectivity index (χ4v) is 10.5. The molecule has 0 spiro atoms. The van der Waals surface area contributed by atoms with E-state index in [1.165, 1.54) is 31.0 Å². The predicted molar refractivity (Wildman–Crippen MR) is 215 cm³/mol. The number of aryl methyl sites for hydroxylation is 2. The molecule has 3 saturated carbocycles. The van der Waals surface area contributed by atoms with E-state index in [1.807, 2.05) is 57.3 Å². The average Bonchev–Trinajstić information content (AvgIpc) is 3.59. The summed E-state index contributed by atoms with van der Waals surface area (Å²) in [7, 11) is 0. The van der Waals surface area contributed by atoms with Crippen LogP contribution in [0.2, 0.25) is 17.3 Å². The molecule has 1 radical (unpaired) electrons. The molecule has 0 amide bonds. The van der Waals surface area contributed by atoms with Crippen LogP contribution in [0.3, 0.4) is 0 Å². The number of hydrogen-bond donors (Lipinski definition) is 0. The maximum Gasteiger partial charge on any atom is 0 e. The molecule has 6 heteroatoms. The zero-order valence-electron chi connectivity index (χ0n) is 40.8. The molecule has 9 rings (SSSR count). The van der Waals surface area contributed by atoms with Gasteiger partial charge in [0, 0.05) is 48.3 Å². The van der Waals surface area contributed by atoms with Gasteiger partial charge in [0.05, 0.1) is 5.58 Å². The number of aromatic nitrogens is 3. The van der Waals surface area contributed by atoms with Gasteiger partial charge in [0.15, 0.2) is 0 Å².